The summed E-state index contributed by atoms with van der Waals surface area (Å²) in [5.41, 5.74) is 1.42. The largest absolute Gasteiger partial charge is 0.496 e. The van der Waals surface area contributed by atoms with Gasteiger partial charge in [-0.05, 0) is 37.8 Å². The van der Waals surface area contributed by atoms with E-state index in [1.165, 1.54) is 0 Å². The normalized spacial score (nSPS) is 17.6. The number of nitrogens with zero attached hydrogens (tertiary/aromatic N) is 2. The van der Waals surface area contributed by atoms with E-state index >= 15 is 0 Å². The van der Waals surface area contributed by atoms with E-state index in [4.69, 9.17) is 9.15 Å². The van der Waals surface area contributed by atoms with Gasteiger partial charge in [0, 0.05) is 19.7 Å². The number of carbonyl (C=O) groups is 1. The summed E-state index contributed by atoms with van der Waals surface area (Å²) in [4.78, 5) is 18.9. The van der Waals surface area contributed by atoms with Gasteiger partial charge >= 0.3 is 0 Å². The molecule has 1 aliphatic heterocycles. The van der Waals surface area contributed by atoms with Crippen LogP contribution in [0.25, 0.3) is 11.5 Å². The number of likely N-dealkylation sites (tertiary alicyclic amines) is 1. The van der Waals surface area contributed by atoms with Crippen molar-refractivity contribution >= 4 is 5.91 Å². The molecule has 3 rings (SSSR count). The number of methoxy groups -OCH3 is 1. The first-order valence-electron chi connectivity index (χ1n) is 8.60. The van der Waals surface area contributed by atoms with Crippen molar-refractivity contribution in [2.24, 2.45) is 5.92 Å². The van der Waals surface area contributed by atoms with Crippen LogP contribution in [0.3, 0.4) is 0 Å². The predicted molar refractivity (Wildman–Crippen MR) is 93.3 cm³/mol. The van der Waals surface area contributed by atoms with Gasteiger partial charge in [0.2, 0.25) is 11.8 Å². The fourth-order valence-electron chi connectivity index (χ4n) is 3.22. The highest BCUT2D eigenvalue weighted by Gasteiger charge is 2.25. The van der Waals surface area contributed by atoms with Crippen LogP contribution in [0.5, 0.6) is 5.75 Å². The summed E-state index contributed by atoms with van der Waals surface area (Å²) in [5.74, 6) is 2.00. The number of oxazole rings is 1. The summed E-state index contributed by atoms with van der Waals surface area (Å²) in [7, 11) is 1.60. The molecular formula is C19H24N2O4. The van der Waals surface area contributed by atoms with Crippen molar-refractivity contribution < 1.29 is 19.1 Å². The smallest absolute Gasteiger partial charge is 0.230 e. The fraction of sp³-hybridized carbons (Fsp3) is 0.474. The van der Waals surface area contributed by atoms with Gasteiger partial charge in [-0.3, -0.25) is 4.79 Å². The predicted octanol–water partition coefficient (Wildman–Crippen LogP) is 2.43. The first kappa shape index (κ1) is 17.5. The van der Waals surface area contributed by atoms with Crippen LogP contribution in [0.15, 0.2) is 28.7 Å². The second kappa shape index (κ2) is 7.70. The van der Waals surface area contributed by atoms with Crippen LogP contribution in [0.1, 0.15) is 24.3 Å². The van der Waals surface area contributed by atoms with Gasteiger partial charge in [-0.1, -0.05) is 12.1 Å². The molecule has 1 N–H and O–H groups in total. The van der Waals surface area contributed by atoms with E-state index in [0.717, 1.165) is 24.9 Å². The number of aliphatic hydroxyl groups excluding tert-OH is 1. The first-order chi connectivity index (χ1) is 12.1. The van der Waals surface area contributed by atoms with Crippen LogP contribution in [0.4, 0.5) is 0 Å². The topological polar surface area (TPSA) is 75.8 Å². The molecule has 0 radical (unpaired) electrons. The van der Waals surface area contributed by atoms with Gasteiger partial charge < -0.3 is 19.2 Å². The summed E-state index contributed by atoms with van der Waals surface area (Å²) < 4.78 is 11.1. The number of para-hydroxylation sites is 1. The van der Waals surface area contributed by atoms with E-state index in [1.807, 2.05) is 36.1 Å². The number of piperidine rings is 1. The maximum atomic E-state index is 12.6. The molecule has 0 aliphatic carbocycles. The molecule has 6 nitrogen and oxygen atoms in total. The van der Waals surface area contributed by atoms with Crippen molar-refractivity contribution in [2.75, 3.05) is 26.8 Å². The minimum Gasteiger partial charge on any atom is -0.496 e. The molecule has 0 spiro atoms. The van der Waals surface area contributed by atoms with Gasteiger partial charge in [0.15, 0.2) is 0 Å². The average molecular weight is 344 g/mol. The average Bonchev–Trinajstić information content (AvgIpc) is 3.02. The molecular weight excluding hydrogens is 320 g/mol. The van der Waals surface area contributed by atoms with Crippen LogP contribution < -0.4 is 4.74 Å². The molecule has 6 heteroatoms. The SMILES string of the molecule is COc1ccccc1-c1nc(CC(=O)N2CCCC(CO)C2)c(C)o1. The zero-order valence-corrected chi connectivity index (χ0v) is 14.7. The van der Waals surface area contributed by atoms with Gasteiger partial charge in [0.1, 0.15) is 11.5 Å². The molecule has 25 heavy (non-hydrogen) atoms. The van der Waals surface area contributed by atoms with Crippen LogP contribution in [0, 0.1) is 12.8 Å². The standard InChI is InChI=1S/C19H24N2O4/c1-13-16(10-18(23)21-9-5-6-14(11-21)12-22)20-19(25-13)15-7-3-4-8-17(15)24-2/h3-4,7-8,14,22H,5-6,9-12H2,1-2H3. The highest BCUT2D eigenvalue weighted by Crippen LogP contribution is 2.30. The summed E-state index contributed by atoms with van der Waals surface area (Å²) in [5, 5.41) is 9.33. The molecule has 1 aromatic heterocycles. The lowest BCUT2D eigenvalue weighted by Gasteiger charge is -2.31. The Labute approximate surface area is 147 Å². The van der Waals surface area contributed by atoms with Crippen LogP contribution >= 0.6 is 0 Å². The molecule has 0 bridgehead atoms. The second-order valence-corrected chi connectivity index (χ2v) is 6.43. The Morgan fingerprint density at radius 1 is 1.44 bits per heavy atom. The van der Waals surface area contributed by atoms with Crippen molar-refractivity contribution in [1.82, 2.24) is 9.88 Å². The lowest BCUT2D eigenvalue weighted by molar-refractivity contribution is -0.132. The number of aromatic nitrogens is 1. The van der Waals surface area contributed by atoms with Crippen molar-refractivity contribution in [3.8, 4) is 17.2 Å². The Balaban J connectivity index is 1.75. The molecule has 2 aromatic rings. The van der Waals surface area contributed by atoms with Gasteiger partial charge in [-0.2, -0.15) is 0 Å². The zero-order chi connectivity index (χ0) is 17.8. The lowest BCUT2D eigenvalue weighted by Crippen LogP contribution is -2.41. The lowest BCUT2D eigenvalue weighted by atomic mass is 9.98. The summed E-state index contributed by atoms with van der Waals surface area (Å²) >= 11 is 0. The number of carbonyl (C=O) groups excluding carboxylic acids is 1. The Kier molecular flexibility index (Phi) is 5.38. The van der Waals surface area contributed by atoms with Gasteiger partial charge in [0.05, 0.1) is 24.8 Å². The number of aliphatic hydroxyl groups is 1. The van der Waals surface area contributed by atoms with E-state index < -0.39 is 0 Å². The molecule has 1 aromatic carbocycles. The molecule has 1 amide bonds. The van der Waals surface area contributed by atoms with Crippen LogP contribution in [0.2, 0.25) is 0 Å². The fourth-order valence-corrected chi connectivity index (χ4v) is 3.22. The maximum absolute atomic E-state index is 12.6. The number of hydrogen-bond acceptors (Lipinski definition) is 5. The monoisotopic (exact) mass is 344 g/mol. The van der Waals surface area contributed by atoms with E-state index in [-0.39, 0.29) is 24.9 Å². The number of ether oxygens (including phenoxy) is 1. The minimum absolute atomic E-state index is 0.0288. The second-order valence-electron chi connectivity index (χ2n) is 6.43. The molecule has 1 unspecified atom stereocenters. The van der Waals surface area contributed by atoms with E-state index in [2.05, 4.69) is 4.98 Å². The van der Waals surface area contributed by atoms with Crippen molar-refractivity contribution in [2.45, 2.75) is 26.2 Å². The molecule has 1 atom stereocenters. The molecule has 134 valence electrons. The van der Waals surface area contributed by atoms with Crippen LogP contribution in [-0.4, -0.2) is 47.7 Å². The van der Waals surface area contributed by atoms with Crippen molar-refractivity contribution in [3.05, 3.63) is 35.7 Å². The van der Waals surface area contributed by atoms with E-state index in [9.17, 15) is 9.90 Å². The maximum Gasteiger partial charge on any atom is 0.230 e. The van der Waals surface area contributed by atoms with Crippen molar-refractivity contribution in [3.63, 3.8) is 0 Å². The third kappa shape index (κ3) is 3.85. The minimum atomic E-state index is 0.0288. The van der Waals surface area contributed by atoms with E-state index in [1.54, 1.807) is 7.11 Å². The Hall–Kier alpha value is -2.34. The third-order valence-corrected chi connectivity index (χ3v) is 4.68. The molecule has 1 aliphatic rings. The highest BCUT2D eigenvalue weighted by atomic mass is 16.5. The highest BCUT2D eigenvalue weighted by molar-refractivity contribution is 5.79. The van der Waals surface area contributed by atoms with Crippen LogP contribution in [-0.2, 0) is 11.2 Å². The number of benzene rings is 1. The molecule has 0 saturated carbocycles. The Bertz CT molecular complexity index is 741. The quantitative estimate of drug-likeness (QED) is 0.901. The first-order valence-corrected chi connectivity index (χ1v) is 8.60. The summed E-state index contributed by atoms with van der Waals surface area (Å²) in [6.45, 7) is 3.31. The molecule has 1 fully saturated rings. The third-order valence-electron chi connectivity index (χ3n) is 4.68. The number of hydrogen-bond donors (Lipinski definition) is 1. The number of rotatable bonds is 5. The van der Waals surface area contributed by atoms with Gasteiger partial charge in [-0.15, -0.1) is 0 Å². The zero-order valence-electron chi connectivity index (χ0n) is 14.7. The molecule has 2 heterocycles. The van der Waals surface area contributed by atoms with Gasteiger partial charge in [-0.25, -0.2) is 4.98 Å². The number of aryl methyl sites for hydroxylation is 1. The summed E-state index contributed by atoms with van der Waals surface area (Å²) in [6.07, 6.45) is 2.12. The van der Waals surface area contributed by atoms with Crippen molar-refractivity contribution in [1.29, 1.82) is 0 Å². The Morgan fingerprint density at radius 3 is 3.00 bits per heavy atom. The molecule has 1 saturated heterocycles. The summed E-state index contributed by atoms with van der Waals surface area (Å²) in [6, 6.07) is 7.51. The van der Waals surface area contributed by atoms with E-state index in [0.29, 0.717) is 29.6 Å². The van der Waals surface area contributed by atoms with Gasteiger partial charge in [0.25, 0.3) is 0 Å². The Morgan fingerprint density at radius 2 is 2.24 bits per heavy atom. The number of amides is 1.